The van der Waals surface area contributed by atoms with E-state index in [1.807, 2.05) is 30.3 Å². The van der Waals surface area contributed by atoms with E-state index < -0.39 is 5.91 Å². The highest BCUT2D eigenvalue weighted by molar-refractivity contribution is 5.96. The summed E-state index contributed by atoms with van der Waals surface area (Å²) in [6, 6.07) is 7.76. The fourth-order valence-corrected chi connectivity index (χ4v) is 3.22. The van der Waals surface area contributed by atoms with Crippen molar-refractivity contribution < 1.29 is 9.47 Å². The van der Waals surface area contributed by atoms with E-state index in [9.17, 15) is 0 Å². The molecule has 3 heterocycles. The summed E-state index contributed by atoms with van der Waals surface area (Å²) < 4.78 is 12.3. The van der Waals surface area contributed by atoms with Crippen LogP contribution >= 0.6 is 0 Å². The number of hydrogen-bond acceptors (Lipinski definition) is 5. The third kappa shape index (κ3) is 2.08. The van der Waals surface area contributed by atoms with Gasteiger partial charge in [0, 0.05) is 23.7 Å². The van der Waals surface area contributed by atoms with E-state index in [-0.39, 0.29) is 5.54 Å². The number of fused-ring (bicyclic) bond motifs is 3. The van der Waals surface area contributed by atoms with Crippen molar-refractivity contribution in [3.05, 3.63) is 43.1 Å². The van der Waals surface area contributed by atoms with E-state index in [1.54, 1.807) is 12.4 Å². The second-order valence-corrected chi connectivity index (χ2v) is 6.47. The normalized spacial score (nSPS) is 25.5. The molecule has 5 heteroatoms. The molecule has 5 nitrogen and oxygen atoms in total. The van der Waals surface area contributed by atoms with Crippen LogP contribution in [-0.4, -0.2) is 40.7 Å². The molecule has 2 aliphatic rings. The molecule has 0 bridgehead atoms. The topological polar surface area (TPSA) is 47.0 Å². The summed E-state index contributed by atoms with van der Waals surface area (Å²) in [6.45, 7) is 9.32. The Balaban J connectivity index is 1.81. The maximum atomic E-state index is 6.27. The lowest BCUT2D eigenvalue weighted by molar-refractivity contribution is -0.168. The van der Waals surface area contributed by atoms with Crippen LogP contribution < -0.4 is 4.74 Å². The van der Waals surface area contributed by atoms with Crippen LogP contribution in [0.1, 0.15) is 13.8 Å². The molecular weight excluding hydrogens is 290 g/mol. The molecule has 2 aromatic rings. The molecule has 0 amide bonds. The lowest BCUT2D eigenvalue weighted by atomic mass is 10.1. The van der Waals surface area contributed by atoms with Crippen molar-refractivity contribution >= 4 is 22.8 Å². The molecular formula is C18H19N3O2. The van der Waals surface area contributed by atoms with Gasteiger partial charge in [-0.2, -0.15) is 0 Å². The Bertz CT molecular complexity index is 815. The van der Waals surface area contributed by atoms with Gasteiger partial charge in [0.1, 0.15) is 5.69 Å². The third-order valence-electron chi connectivity index (χ3n) is 4.38. The largest absolute Gasteiger partial charge is 0.442 e. The molecule has 1 atom stereocenters. The first-order valence-corrected chi connectivity index (χ1v) is 7.70. The minimum atomic E-state index is -0.972. The number of hydrogen-bond donors (Lipinski definition) is 0. The van der Waals surface area contributed by atoms with Gasteiger partial charge >= 0.3 is 5.91 Å². The Morgan fingerprint density at radius 3 is 3.04 bits per heavy atom. The number of aromatic nitrogens is 1. The van der Waals surface area contributed by atoms with Crippen LogP contribution in [0.4, 0.5) is 5.69 Å². The van der Waals surface area contributed by atoms with Crippen molar-refractivity contribution in [2.24, 2.45) is 4.99 Å². The minimum absolute atomic E-state index is 0.157. The van der Waals surface area contributed by atoms with E-state index in [0.717, 1.165) is 16.6 Å². The van der Waals surface area contributed by atoms with Gasteiger partial charge in [-0.1, -0.05) is 6.08 Å². The molecule has 1 unspecified atom stereocenters. The van der Waals surface area contributed by atoms with Gasteiger partial charge in [0.05, 0.1) is 18.3 Å². The predicted octanol–water partition coefficient (Wildman–Crippen LogP) is 3.28. The monoisotopic (exact) mass is 309 g/mol. The summed E-state index contributed by atoms with van der Waals surface area (Å²) in [4.78, 5) is 11.2. The first-order valence-electron chi connectivity index (χ1n) is 7.70. The Kier molecular flexibility index (Phi) is 3.04. The highest BCUT2D eigenvalue weighted by Crippen LogP contribution is 2.44. The zero-order valence-corrected chi connectivity index (χ0v) is 13.3. The Morgan fingerprint density at radius 1 is 1.35 bits per heavy atom. The van der Waals surface area contributed by atoms with Gasteiger partial charge in [-0.15, -0.1) is 6.58 Å². The molecule has 1 saturated heterocycles. The number of benzene rings is 1. The number of ether oxygens (including phenoxy) is 2. The highest BCUT2D eigenvalue weighted by atomic mass is 16.7. The molecule has 1 aromatic heterocycles. The van der Waals surface area contributed by atoms with Crippen LogP contribution in [-0.2, 0) is 4.74 Å². The van der Waals surface area contributed by atoms with Crippen LogP contribution in [0, 0.1) is 0 Å². The SMILES string of the molecule is C=CCN1C(C)(C)COC12C=Nc1c(ccc3ncccc13)O2. The van der Waals surface area contributed by atoms with Crippen molar-refractivity contribution in [1.82, 2.24) is 9.88 Å². The molecule has 4 rings (SSSR count). The fraction of sp³-hybridized carbons (Fsp3) is 0.333. The van der Waals surface area contributed by atoms with Gasteiger partial charge in [-0.05, 0) is 38.1 Å². The summed E-state index contributed by atoms with van der Waals surface area (Å²) in [5, 5.41) is 0.976. The van der Waals surface area contributed by atoms with Crippen molar-refractivity contribution in [3.63, 3.8) is 0 Å². The lowest BCUT2D eigenvalue weighted by Crippen LogP contribution is -2.57. The third-order valence-corrected chi connectivity index (χ3v) is 4.38. The highest BCUT2D eigenvalue weighted by Gasteiger charge is 2.54. The number of aliphatic imine (C=N–C) groups is 1. The Hall–Kier alpha value is -2.24. The van der Waals surface area contributed by atoms with E-state index >= 15 is 0 Å². The molecule has 0 aliphatic carbocycles. The fourth-order valence-electron chi connectivity index (χ4n) is 3.22. The molecule has 0 N–H and O–H groups in total. The van der Waals surface area contributed by atoms with Crippen molar-refractivity contribution in [2.75, 3.05) is 13.2 Å². The van der Waals surface area contributed by atoms with Gasteiger partial charge in [0.25, 0.3) is 0 Å². The molecule has 1 aromatic carbocycles. The molecule has 0 radical (unpaired) electrons. The molecule has 2 aliphatic heterocycles. The Morgan fingerprint density at radius 2 is 2.22 bits per heavy atom. The van der Waals surface area contributed by atoms with E-state index in [0.29, 0.717) is 18.9 Å². The van der Waals surface area contributed by atoms with Crippen LogP contribution in [0.15, 0.2) is 48.1 Å². The van der Waals surface area contributed by atoms with Crippen LogP contribution in [0.25, 0.3) is 10.9 Å². The second-order valence-electron chi connectivity index (χ2n) is 6.47. The number of nitrogens with zero attached hydrogens (tertiary/aromatic N) is 3. The zero-order chi connectivity index (χ0) is 16.1. The summed E-state index contributed by atoms with van der Waals surface area (Å²) in [5.74, 6) is -0.264. The molecule has 1 spiro atoms. The van der Waals surface area contributed by atoms with Gasteiger partial charge in [-0.3, -0.25) is 4.98 Å². The number of pyridine rings is 1. The summed E-state index contributed by atoms with van der Waals surface area (Å²) in [6.07, 6.45) is 5.38. The standard InChI is InChI=1S/C18H19N3O2/c1-4-10-21-17(2,3)12-22-18(21)11-20-16-13-6-5-9-19-14(13)7-8-15(16)23-18/h4-9,11H,1,10,12H2,2-3H3. The maximum Gasteiger partial charge on any atom is 0.312 e. The summed E-state index contributed by atoms with van der Waals surface area (Å²) in [7, 11) is 0. The van der Waals surface area contributed by atoms with Gasteiger partial charge in [-0.25, -0.2) is 9.89 Å². The van der Waals surface area contributed by atoms with E-state index in [1.165, 1.54) is 0 Å². The first kappa shape index (κ1) is 14.4. The molecule has 118 valence electrons. The van der Waals surface area contributed by atoms with Crippen LogP contribution in [0.3, 0.4) is 0 Å². The smallest absolute Gasteiger partial charge is 0.312 e. The van der Waals surface area contributed by atoms with E-state index in [4.69, 9.17) is 9.47 Å². The minimum Gasteiger partial charge on any atom is -0.442 e. The van der Waals surface area contributed by atoms with E-state index in [2.05, 4.69) is 35.3 Å². The Labute approximate surface area is 135 Å². The average molecular weight is 309 g/mol. The predicted molar refractivity (Wildman–Crippen MR) is 90.2 cm³/mol. The van der Waals surface area contributed by atoms with Gasteiger partial charge in [0.15, 0.2) is 5.75 Å². The first-order chi connectivity index (χ1) is 11.1. The lowest BCUT2D eigenvalue weighted by Gasteiger charge is -2.40. The van der Waals surface area contributed by atoms with Crippen LogP contribution in [0.2, 0.25) is 0 Å². The number of rotatable bonds is 2. The zero-order valence-electron chi connectivity index (χ0n) is 13.3. The van der Waals surface area contributed by atoms with Crippen molar-refractivity contribution in [3.8, 4) is 5.75 Å². The second kappa shape index (κ2) is 4.88. The van der Waals surface area contributed by atoms with Crippen molar-refractivity contribution in [1.29, 1.82) is 0 Å². The van der Waals surface area contributed by atoms with Gasteiger partial charge in [0.2, 0.25) is 0 Å². The maximum absolute atomic E-state index is 6.27. The summed E-state index contributed by atoms with van der Waals surface area (Å²) >= 11 is 0. The van der Waals surface area contributed by atoms with Crippen LogP contribution in [0.5, 0.6) is 5.75 Å². The molecule has 1 fully saturated rings. The summed E-state index contributed by atoms with van der Waals surface area (Å²) in [5.41, 5.74) is 1.54. The van der Waals surface area contributed by atoms with Gasteiger partial charge < -0.3 is 9.47 Å². The molecule has 23 heavy (non-hydrogen) atoms. The quantitative estimate of drug-likeness (QED) is 0.799. The van der Waals surface area contributed by atoms with Crippen molar-refractivity contribution in [2.45, 2.75) is 25.3 Å². The molecule has 0 saturated carbocycles. The average Bonchev–Trinajstić information content (AvgIpc) is 2.80.